The number of rotatable bonds is 2. The maximum Gasteiger partial charge on any atom is 0.358 e. The lowest BCUT2D eigenvalue weighted by Crippen LogP contribution is -2.21. The molecule has 0 radical (unpaired) electrons. The number of carbonyl (C=O) groups is 1. The Bertz CT molecular complexity index is 672. The van der Waals surface area contributed by atoms with Crippen molar-refractivity contribution >= 4 is 21.9 Å². The third-order valence-corrected chi connectivity index (χ3v) is 3.55. The van der Waals surface area contributed by atoms with E-state index in [1.807, 2.05) is 45.9 Å². The van der Waals surface area contributed by atoms with Gasteiger partial charge in [0.2, 0.25) is 0 Å². The van der Waals surface area contributed by atoms with Gasteiger partial charge >= 0.3 is 5.97 Å². The van der Waals surface area contributed by atoms with E-state index >= 15 is 0 Å². The molecule has 0 aliphatic carbocycles. The Morgan fingerprint density at radius 1 is 1.35 bits per heavy atom. The Balaban J connectivity index is 2.72. The highest BCUT2D eigenvalue weighted by molar-refractivity contribution is 9.10. The van der Waals surface area contributed by atoms with Crippen molar-refractivity contribution in [3.63, 3.8) is 0 Å². The van der Waals surface area contributed by atoms with Crippen LogP contribution in [-0.4, -0.2) is 26.1 Å². The van der Waals surface area contributed by atoms with E-state index in [0.29, 0.717) is 5.69 Å². The number of carboxylic acid groups (broad SMARTS) is 1. The summed E-state index contributed by atoms with van der Waals surface area (Å²) in [5, 5.41) is 17.1. The molecule has 0 fully saturated rings. The van der Waals surface area contributed by atoms with Crippen LogP contribution in [0, 0.1) is 6.92 Å². The average Bonchev–Trinajstić information content (AvgIpc) is 2.73. The minimum Gasteiger partial charge on any atom is -0.476 e. The van der Waals surface area contributed by atoms with Crippen LogP contribution in [-0.2, 0) is 5.41 Å². The molecular formula is C14H16BrN3O2. The third kappa shape index (κ3) is 2.60. The van der Waals surface area contributed by atoms with Gasteiger partial charge < -0.3 is 5.11 Å². The van der Waals surface area contributed by atoms with E-state index < -0.39 is 5.97 Å². The molecule has 1 heterocycles. The van der Waals surface area contributed by atoms with Crippen LogP contribution in [0.4, 0.5) is 0 Å². The van der Waals surface area contributed by atoms with Crippen LogP contribution in [0.25, 0.3) is 5.69 Å². The fourth-order valence-electron chi connectivity index (χ4n) is 2.05. The fraction of sp³-hybridized carbons (Fsp3) is 0.357. The SMILES string of the molecule is Cc1ccc(-n2nnc(C(=O)O)c2C(C)(C)C)c(Br)c1. The van der Waals surface area contributed by atoms with Crippen molar-refractivity contribution in [3.05, 3.63) is 39.6 Å². The second-order valence-corrected chi connectivity index (χ2v) is 6.56. The van der Waals surface area contributed by atoms with Crippen molar-refractivity contribution in [3.8, 4) is 5.69 Å². The molecule has 1 N–H and O–H groups in total. The molecule has 1 aromatic carbocycles. The molecule has 5 nitrogen and oxygen atoms in total. The summed E-state index contributed by atoms with van der Waals surface area (Å²) >= 11 is 3.49. The van der Waals surface area contributed by atoms with Gasteiger partial charge in [0, 0.05) is 9.89 Å². The van der Waals surface area contributed by atoms with E-state index in [9.17, 15) is 9.90 Å². The average molecular weight is 338 g/mol. The predicted molar refractivity (Wildman–Crippen MR) is 79.5 cm³/mol. The second-order valence-electron chi connectivity index (χ2n) is 5.71. The van der Waals surface area contributed by atoms with Gasteiger partial charge in [-0.25, -0.2) is 9.48 Å². The molecule has 0 aliphatic rings. The molecule has 6 heteroatoms. The van der Waals surface area contributed by atoms with E-state index in [1.165, 1.54) is 0 Å². The first-order valence-electron chi connectivity index (χ1n) is 6.18. The minimum absolute atomic E-state index is 0.00928. The number of hydrogen-bond donors (Lipinski definition) is 1. The van der Waals surface area contributed by atoms with Crippen molar-refractivity contribution < 1.29 is 9.90 Å². The number of hydrogen-bond acceptors (Lipinski definition) is 3. The summed E-state index contributed by atoms with van der Waals surface area (Å²) in [7, 11) is 0. The molecule has 0 atom stereocenters. The number of aryl methyl sites for hydroxylation is 1. The number of aromatic carboxylic acids is 1. The van der Waals surface area contributed by atoms with E-state index in [0.717, 1.165) is 15.7 Å². The zero-order valence-corrected chi connectivity index (χ0v) is 13.4. The lowest BCUT2D eigenvalue weighted by Gasteiger charge is -2.20. The molecule has 0 saturated heterocycles. The normalized spacial score (nSPS) is 11.7. The van der Waals surface area contributed by atoms with Crippen LogP contribution < -0.4 is 0 Å². The molecule has 0 spiro atoms. The molecule has 0 amide bonds. The molecule has 0 aliphatic heterocycles. The number of benzene rings is 1. The number of aromatic nitrogens is 3. The van der Waals surface area contributed by atoms with Crippen LogP contribution in [0.1, 0.15) is 42.5 Å². The maximum absolute atomic E-state index is 11.3. The van der Waals surface area contributed by atoms with Gasteiger partial charge in [-0.3, -0.25) is 0 Å². The van der Waals surface area contributed by atoms with E-state index in [2.05, 4.69) is 26.2 Å². The molecule has 20 heavy (non-hydrogen) atoms. The van der Waals surface area contributed by atoms with Crippen LogP contribution >= 0.6 is 15.9 Å². The maximum atomic E-state index is 11.3. The fourth-order valence-corrected chi connectivity index (χ4v) is 2.71. The highest BCUT2D eigenvalue weighted by Gasteiger charge is 2.30. The Kier molecular flexibility index (Phi) is 3.69. The number of carboxylic acids is 1. The smallest absolute Gasteiger partial charge is 0.358 e. The molecule has 2 aromatic rings. The summed E-state index contributed by atoms with van der Waals surface area (Å²) in [6.45, 7) is 7.81. The van der Waals surface area contributed by atoms with Crippen LogP contribution in [0.5, 0.6) is 0 Å². The van der Waals surface area contributed by atoms with Gasteiger partial charge in [0.05, 0.1) is 11.4 Å². The first kappa shape index (κ1) is 14.7. The zero-order valence-electron chi connectivity index (χ0n) is 11.8. The Labute approximate surface area is 125 Å². The number of nitrogens with zero attached hydrogens (tertiary/aromatic N) is 3. The van der Waals surface area contributed by atoms with E-state index in [4.69, 9.17) is 0 Å². The molecule has 0 unspecified atom stereocenters. The summed E-state index contributed by atoms with van der Waals surface area (Å²) in [6, 6.07) is 5.81. The minimum atomic E-state index is -1.07. The Hall–Kier alpha value is -1.69. The van der Waals surface area contributed by atoms with E-state index in [-0.39, 0.29) is 11.1 Å². The van der Waals surface area contributed by atoms with Crippen molar-refractivity contribution in [2.45, 2.75) is 33.1 Å². The van der Waals surface area contributed by atoms with Crippen molar-refractivity contribution in [1.29, 1.82) is 0 Å². The topological polar surface area (TPSA) is 68.0 Å². The van der Waals surface area contributed by atoms with Crippen molar-refractivity contribution in [2.24, 2.45) is 0 Å². The van der Waals surface area contributed by atoms with Gasteiger partial charge in [-0.2, -0.15) is 0 Å². The number of halogens is 1. The highest BCUT2D eigenvalue weighted by atomic mass is 79.9. The lowest BCUT2D eigenvalue weighted by molar-refractivity contribution is 0.0687. The lowest BCUT2D eigenvalue weighted by atomic mass is 9.90. The Morgan fingerprint density at radius 3 is 2.50 bits per heavy atom. The van der Waals surface area contributed by atoms with E-state index in [1.54, 1.807) is 4.68 Å². The predicted octanol–water partition coefficient (Wildman–Crippen LogP) is 3.33. The summed E-state index contributed by atoms with van der Waals surface area (Å²) in [5.41, 5.74) is 2.07. The van der Waals surface area contributed by atoms with Crippen molar-refractivity contribution in [1.82, 2.24) is 15.0 Å². The molecular weight excluding hydrogens is 322 g/mol. The van der Waals surface area contributed by atoms with Crippen molar-refractivity contribution in [2.75, 3.05) is 0 Å². The molecule has 0 saturated carbocycles. The quantitative estimate of drug-likeness (QED) is 0.912. The summed E-state index contributed by atoms with van der Waals surface area (Å²) in [6.07, 6.45) is 0. The molecule has 2 rings (SSSR count). The Morgan fingerprint density at radius 2 is 2.00 bits per heavy atom. The molecule has 1 aromatic heterocycles. The van der Waals surface area contributed by atoms with Gasteiger partial charge in [0.25, 0.3) is 0 Å². The first-order chi connectivity index (χ1) is 9.21. The highest BCUT2D eigenvalue weighted by Crippen LogP contribution is 2.30. The first-order valence-corrected chi connectivity index (χ1v) is 6.97. The van der Waals surface area contributed by atoms with Gasteiger partial charge in [-0.05, 0) is 40.5 Å². The third-order valence-electron chi connectivity index (χ3n) is 2.91. The van der Waals surface area contributed by atoms with Gasteiger partial charge in [0.15, 0.2) is 5.69 Å². The van der Waals surface area contributed by atoms with Crippen LogP contribution in [0.2, 0.25) is 0 Å². The monoisotopic (exact) mass is 337 g/mol. The zero-order chi connectivity index (χ0) is 15.1. The molecule has 0 bridgehead atoms. The molecule has 106 valence electrons. The van der Waals surface area contributed by atoms with Gasteiger partial charge in [-0.1, -0.05) is 32.1 Å². The summed E-state index contributed by atoms with van der Waals surface area (Å²) in [5.74, 6) is -1.07. The summed E-state index contributed by atoms with van der Waals surface area (Å²) in [4.78, 5) is 11.3. The van der Waals surface area contributed by atoms with Crippen LogP contribution in [0.3, 0.4) is 0 Å². The van der Waals surface area contributed by atoms with Crippen LogP contribution in [0.15, 0.2) is 22.7 Å². The summed E-state index contributed by atoms with van der Waals surface area (Å²) < 4.78 is 2.44. The van der Waals surface area contributed by atoms with Gasteiger partial charge in [0.1, 0.15) is 0 Å². The second kappa shape index (κ2) is 5.01. The standard InChI is InChI=1S/C14H16BrN3O2/c1-8-5-6-10(9(15)7-8)18-12(14(2,3)4)11(13(19)20)16-17-18/h5-7H,1-4H3,(H,19,20). The largest absolute Gasteiger partial charge is 0.476 e. The van der Waals surface area contributed by atoms with Gasteiger partial charge in [-0.15, -0.1) is 5.10 Å².